The van der Waals surface area contributed by atoms with Crippen molar-refractivity contribution in [2.24, 2.45) is 11.8 Å². The summed E-state index contributed by atoms with van der Waals surface area (Å²) in [4.78, 5) is 18.5. The fraction of sp³-hybridized carbons (Fsp3) is 0.432. The Morgan fingerprint density at radius 2 is 1.83 bits per heavy atom. The van der Waals surface area contributed by atoms with Crippen molar-refractivity contribution in [2.75, 3.05) is 19.6 Å². The van der Waals surface area contributed by atoms with E-state index in [0.29, 0.717) is 30.2 Å². The molecule has 5 heteroatoms. The molecule has 1 spiro atoms. The molecule has 1 amide bonds. The van der Waals surface area contributed by atoms with E-state index in [0.717, 1.165) is 62.1 Å². The van der Waals surface area contributed by atoms with Crippen LogP contribution in [0.2, 0.25) is 0 Å². The van der Waals surface area contributed by atoms with E-state index in [1.807, 2.05) is 47.4 Å². The summed E-state index contributed by atoms with van der Waals surface area (Å²) in [6.45, 7) is 6.99. The third kappa shape index (κ3) is 4.48. The van der Waals surface area contributed by atoms with Crippen molar-refractivity contribution in [3.8, 4) is 23.3 Å². The van der Waals surface area contributed by atoms with E-state index >= 15 is 0 Å². The Labute approximate surface area is 249 Å². The molecule has 2 aliphatic carbocycles. The maximum Gasteiger partial charge on any atom is 0.299 e. The van der Waals surface area contributed by atoms with Crippen LogP contribution in [-0.4, -0.2) is 58.6 Å². The summed E-state index contributed by atoms with van der Waals surface area (Å²) in [7, 11) is 0. The number of hydrogen-bond donors (Lipinski definition) is 1. The summed E-state index contributed by atoms with van der Waals surface area (Å²) < 4.78 is 6.91. The minimum Gasteiger partial charge on any atom is -0.508 e. The molecule has 7 rings (SSSR count). The molecule has 1 N–H and O–H groups in total. The second-order valence-corrected chi connectivity index (χ2v) is 13.0. The summed E-state index contributed by atoms with van der Waals surface area (Å²) in [6.07, 6.45) is 4.67. The topological polar surface area (TPSA) is 53.0 Å². The lowest BCUT2D eigenvalue weighted by Crippen LogP contribution is -2.69. The SMILES string of the molecule is CC(C)CN(C(=O)C#Cc1ccccc1)[C@@H]1CC[C@H]2[C@H]3Cc4c(O)ccc5c4[C@@]2(CCN3CCc2ccccc2)[C@H]1O5. The fourth-order valence-electron chi connectivity index (χ4n) is 8.61. The van der Waals surface area contributed by atoms with Crippen LogP contribution in [0.5, 0.6) is 11.5 Å². The van der Waals surface area contributed by atoms with E-state index in [9.17, 15) is 9.90 Å². The molecular weight excluding hydrogens is 520 g/mol. The number of phenols is 1. The molecule has 3 aromatic rings. The number of carbonyl (C=O) groups is 1. The van der Waals surface area contributed by atoms with Crippen LogP contribution in [0.1, 0.15) is 55.4 Å². The third-order valence-electron chi connectivity index (χ3n) is 10.3. The molecule has 0 unspecified atom stereocenters. The Balaban J connectivity index is 1.23. The van der Waals surface area contributed by atoms with Crippen molar-refractivity contribution < 1.29 is 14.6 Å². The number of likely N-dealkylation sites (tertiary alicyclic amines) is 1. The Kier molecular flexibility index (Phi) is 6.98. The number of hydrogen-bond acceptors (Lipinski definition) is 4. The summed E-state index contributed by atoms with van der Waals surface area (Å²) in [5.41, 5.74) is 4.31. The minimum absolute atomic E-state index is 0.0572. The van der Waals surface area contributed by atoms with Crippen LogP contribution in [0.15, 0.2) is 72.8 Å². The first-order valence-corrected chi connectivity index (χ1v) is 15.6. The summed E-state index contributed by atoms with van der Waals surface area (Å²) >= 11 is 0. The molecule has 216 valence electrons. The molecule has 1 saturated heterocycles. The van der Waals surface area contributed by atoms with Gasteiger partial charge in [-0.15, -0.1) is 0 Å². The van der Waals surface area contributed by atoms with Crippen molar-refractivity contribution in [2.45, 2.75) is 69.6 Å². The highest BCUT2D eigenvalue weighted by Crippen LogP contribution is 2.63. The zero-order valence-electron chi connectivity index (χ0n) is 24.6. The zero-order valence-corrected chi connectivity index (χ0v) is 24.6. The maximum absolute atomic E-state index is 13.8. The number of piperidine rings is 1. The normalized spacial score (nSPS) is 27.0. The summed E-state index contributed by atoms with van der Waals surface area (Å²) in [5, 5.41) is 11.1. The molecular formula is C37H40N2O3. The number of nitrogens with zero attached hydrogens (tertiary/aromatic N) is 2. The van der Waals surface area contributed by atoms with Gasteiger partial charge in [0.05, 0.1) is 6.04 Å². The van der Waals surface area contributed by atoms with Gasteiger partial charge >= 0.3 is 0 Å². The van der Waals surface area contributed by atoms with Crippen molar-refractivity contribution in [1.29, 1.82) is 0 Å². The van der Waals surface area contributed by atoms with E-state index in [4.69, 9.17) is 4.74 Å². The number of rotatable bonds is 6. The number of ether oxygens (including phenoxy) is 1. The van der Waals surface area contributed by atoms with Crippen LogP contribution in [0.3, 0.4) is 0 Å². The molecule has 2 aliphatic heterocycles. The summed E-state index contributed by atoms with van der Waals surface area (Å²) in [6, 6.07) is 24.5. The van der Waals surface area contributed by atoms with Gasteiger partial charge in [-0.1, -0.05) is 68.3 Å². The first-order chi connectivity index (χ1) is 20.5. The maximum atomic E-state index is 13.8. The predicted molar refractivity (Wildman–Crippen MR) is 164 cm³/mol. The second-order valence-electron chi connectivity index (χ2n) is 13.0. The van der Waals surface area contributed by atoms with Crippen molar-refractivity contribution >= 4 is 5.91 Å². The molecule has 2 heterocycles. The number of aromatic hydroxyl groups is 1. The molecule has 3 aromatic carbocycles. The lowest BCUT2D eigenvalue weighted by Gasteiger charge is -2.60. The molecule has 2 bridgehead atoms. The van der Waals surface area contributed by atoms with Crippen LogP contribution in [0.4, 0.5) is 0 Å². The van der Waals surface area contributed by atoms with Crippen LogP contribution in [0.25, 0.3) is 0 Å². The highest BCUT2D eigenvalue weighted by molar-refractivity contribution is 5.94. The fourth-order valence-corrected chi connectivity index (χ4v) is 8.61. The minimum atomic E-state index is -0.194. The van der Waals surface area contributed by atoms with Gasteiger partial charge in [-0.3, -0.25) is 9.69 Å². The van der Waals surface area contributed by atoms with Crippen LogP contribution < -0.4 is 4.74 Å². The largest absolute Gasteiger partial charge is 0.508 e. The van der Waals surface area contributed by atoms with Crippen LogP contribution >= 0.6 is 0 Å². The molecule has 5 nitrogen and oxygen atoms in total. The molecule has 5 atom stereocenters. The standard InChI is InChI=1S/C37H40N2O3/c1-25(2)24-39(34(41)18-13-26-9-5-3-6-10-26)30-15-14-29-31-23-28-32(40)16-17-33-35(28)37(29,36(30)42-33)20-22-38(31)21-19-27-11-7-4-8-12-27/h3-12,16-17,25,29-31,36,40H,14-15,19-24H2,1-2H3/t29-,30+,31+,36-,37-/m0/s1. The van der Waals surface area contributed by atoms with Gasteiger partial charge in [0, 0.05) is 47.2 Å². The first kappa shape index (κ1) is 27.1. The average Bonchev–Trinajstić information content (AvgIpc) is 3.34. The van der Waals surface area contributed by atoms with Gasteiger partial charge in [0.25, 0.3) is 5.91 Å². The predicted octanol–water partition coefficient (Wildman–Crippen LogP) is 5.58. The quantitative estimate of drug-likeness (QED) is 0.400. The second kappa shape index (κ2) is 10.8. The average molecular weight is 561 g/mol. The van der Waals surface area contributed by atoms with E-state index in [1.54, 1.807) is 0 Å². The van der Waals surface area contributed by atoms with E-state index in [2.05, 4.69) is 60.9 Å². The lowest BCUT2D eigenvalue weighted by atomic mass is 9.50. The Morgan fingerprint density at radius 1 is 1.07 bits per heavy atom. The van der Waals surface area contributed by atoms with E-state index < -0.39 is 0 Å². The molecule has 4 aliphatic rings. The molecule has 42 heavy (non-hydrogen) atoms. The molecule has 0 radical (unpaired) electrons. The smallest absolute Gasteiger partial charge is 0.299 e. The van der Waals surface area contributed by atoms with Gasteiger partial charge in [-0.25, -0.2) is 0 Å². The highest BCUT2D eigenvalue weighted by atomic mass is 16.5. The van der Waals surface area contributed by atoms with Gasteiger partial charge in [0.15, 0.2) is 0 Å². The Bertz CT molecular complexity index is 1530. The number of carbonyl (C=O) groups excluding carboxylic acids is 1. The molecule has 2 fully saturated rings. The van der Waals surface area contributed by atoms with Crippen LogP contribution in [-0.2, 0) is 23.1 Å². The zero-order chi connectivity index (χ0) is 28.8. The van der Waals surface area contributed by atoms with Gasteiger partial charge in [0.1, 0.15) is 17.6 Å². The number of amides is 1. The van der Waals surface area contributed by atoms with Crippen LogP contribution in [0, 0.1) is 23.7 Å². The number of phenolic OH excluding ortho intramolecular Hbond substituents is 1. The van der Waals surface area contributed by atoms with Crippen molar-refractivity contribution in [1.82, 2.24) is 9.80 Å². The highest BCUT2D eigenvalue weighted by Gasteiger charge is 2.66. The first-order valence-electron chi connectivity index (χ1n) is 15.6. The monoisotopic (exact) mass is 560 g/mol. The number of benzene rings is 3. The Hall–Kier alpha value is -3.75. The summed E-state index contributed by atoms with van der Waals surface area (Å²) in [5.74, 6) is 8.00. The van der Waals surface area contributed by atoms with Gasteiger partial charge in [0.2, 0.25) is 0 Å². The molecule has 1 saturated carbocycles. The van der Waals surface area contributed by atoms with Crippen molar-refractivity contribution in [3.63, 3.8) is 0 Å². The van der Waals surface area contributed by atoms with E-state index in [1.165, 1.54) is 11.1 Å². The van der Waals surface area contributed by atoms with Gasteiger partial charge < -0.3 is 14.7 Å². The van der Waals surface area contributed by atoms with Gasteiger partial charge in [-0.05, 0) is 80.3 Å². The third-order valence-corrected chi connectivity index (χ3v) is 10.3. The molecule has 0 aromatic heterocycles. The lowest BCUT2D eigenvalue weighted by molar-refractivity contribution is -0.137. The van der Waals surface area contributed by atoms with Gasteiger partial charge in [-0.2, -0.15) is 0 Å². The van der Waals surface area contributed by atoms with Crippen molar-refractivity contribution in [3.05, 3.63) is 95.1 Å². The van der Waals surface area contributed by atoms with E-state index in [-0.39, 0.29) is 23.5 Å². The Morgan fingerprint density at radius 3 is 2.60 bits per heavy atom.